The van der Waals surface area contributed by atoms with Gasteiger partial charge in [-0.2, -0.15) is 0 Å². The molecule has 0 aliphatic heterocycles. The molecule has 1 unspecified atom stereocenters. The number of aryl methyl sites for hydroxylation is 1. The van der Waals surface area contributed by atoms with Crippen LogP contribution in [0.1, 0.15) is 37.8 Å². The lowest BCUT2D eigenvalue weighted by molar-refractivity contribution is -0.142. The van der Waals surface area contributed by atoms with Gasteiger partial charge in [0.15, 0.2) is 0 Å². The number of hydrogen-bond donors (Lipinski definition) is 4. The van der Waals surface area contributed by atoms with Crippen molar-refractivity contribution < 1.29 is 24.3 Å². The van der Waals surface area contributed by atoms with Crippen molar-refractivity contribution in [3.05, 3.63) is 71.8 Å². The Morgan fingerprint density at radius 1 is 0.778 bits per heavy atom. The predicted octanol–water partition coefficient (Wildman–Crippen LogP) is 2.69. The maximum Gasteiger partial charge on any atom is 0.326 e. The summed E-state index contributed by atoms with van der Waals surface area (Å²) in [4.78, 5) is 50.0. The summed E-state index contributed by atoms with van der Waals surface area (Å²) in [7, 11) is 0. The average molecular weight is 516 g/mol. The molecule has 8 nitrogen and oxygen atoms in total. The van der Waals surface area contributed by atoms with Crippen LogP contribution < -0.4 is 16.0 Å². The zero-order valence-corrected chi connectivity index (χ0v) is 21.3. The summed E-state index contributed by atoms with van der Waals surface area (Å²) in [5.41, 5.74) is 1.76. The fourth-order valence-corrected chi connectivity index (χ4v) is 3.83. The van der Waals surface area contributed by atoms with E-state index in [2.05, 4.69) is 16.0 Å². The minimum Gasteiger partial charge on any atom is -0.480 e. The minimum absolute atomic E-state index is 0.0404. The first-order valence-corrected chi connectivity index (χ1v) is 12.5. The van der Waals surface area contributed by atoms with Gasteiger partial charge in [-0.25, -0.2) is 4.79 Å². The molecule has 0 saturated heterocycles. The summed E-state index contributed by atoms with van der Waals surface area (Å²) in [6.07, 6.45) is 1.24. The largest absolute Gasteiger partial charge is 0.480 e. The third-order valence-corrected chi connectivity index (χ3v) is 5.82. The molecule has 0 heterocycles. The van der Waals surface area contributed by atoms with E-state index in [4.69, 9.17) is 11.6 Å². The first kappa shape index (κ1) is 28.8. The Morgan fingerprint density at radius 2 is 1.31 bits per heavy atom. The Labute approximate surface area is 216 Å². The van der Waals surface area contributed by atoms with Crippen LogP contribution in [0.2, 0.25) is 0 Å². The summed E-state index contributed by atoms with van der Waals surface area (Å²) >= 11 is 5.63. The monoisotopic (exact) mass is 515 g/mol. The molecule has 0 fully saturated rings. The normalized spacial score (nSPS) is 13.3. The SMILES string of the molecule is CC(C)C[C@H](NC(=O)[C@H](CCc1ccccc1)NC(=O)CCl)C(=O)NC(Cc1ccccc1)C(=O)O. The van der Waals surface area contributed by atoms with Crippen molar-refractivity contribution in [1.29, 1.82) is 0 Å². The van der Waals surface area contributed by atoms with E-state index in [0.717, 1.165) is 11.1 Å². The lowest BCUT2D eigenvalue weighted by Gasteiger charge is -2.25. The van der Waals surface area contributed by atoms with Gasteiger partial charge in [-0.1, -0.05) is 74.5 Å². The van der Waals surface area contributed by atoms with E-state index >= 15 is 0 Å². The van der Waals surface area contributed by atoms with Gasteiger partial charge >= 0.3 is 5.97 Å². The van der Waals surface area contributed by atoms with Gasteiger partial charge < -0.3 is 21.1 Å². The van der Waals surface area contributed by atoms with E-state index in [1.165, 1.54) is 0 Å². The van der Waals surface area contributed by atoms with E-state index in [9.17, 15) is 24.3 Å². The number of carbonyl (C=O) groups excluding carboxylic acids is 3. The van der Waals surface area contributed by atoms with Crippen molar-refractivity contribution in [3.8, 4) is 0 Å². The highest BCUT2D eigenvalue weighted by Crippen LogP contribution is 2.10. The van der Waals surface area contributed by atoms with Crippen LogP contribution in [0.25, 0.3) is 0 Å². The number of rotatable bonds is 14. The number of alkyl halides is 1. The molecule has 194 valence electrons. The first-order valence-electron chi connectivity index (χ1n) is 12.0. The number of benzene rings is 2. The molecule has 2 aromatic carbocycles. The molecule has 0 radical (unpaired) electrons. The van der Waals surface area contributed by atoms with Gasteiger partial charge in [0.2, 0.25) is 17.7 Å². The Balaban J connectivity index is 2.13. The lowest BCUT2D eigenvalue weighted by atomic mass is 10.00. The Kier molecular flexibility index (Phi) is 11.9. The fourth-order valence-electron chi connectivity index (χ4n) is 3.75. The zero-order valence-electron chi connectivity index (χ0n) is 20.6. The Hall–Kier alpha value is -3.39. The molecule has 2 rings (SSSR count). The number of amides is 3. The van der Waals surface area contributed by atoms with Crippen LogP contribution in [0.4, 0.5) is 0 Å². The summed E-state index contributed by atoms with van der Waals surface area (Å²) in [6, 6.07) is 15.5. The van der Waals surface area contributed by atoms with Gasteiger partial charge in [0.05, 0.1) is 0 Å². The van der Waals surface area contributed by atoms with E-state index in [-0.39, 0.29) is 18.2 Å². The molecule has 9 heteroatoms. The maximum atomic E-state index is 13.2. The minimum atomic E-state index is -1.17. The summed E-state index contributed by atoms with van der Waals surface area (Å²) in [5.74, 6) is -3.05. The maximum absolute atomic E-state index is 13.2. The standard InChI is InChI=1S/C27H34ClN3O5/c1-18(2)15-22(26(34)31-23(27(35)36)16-20-11-7-4-8-12-20)30-25(33)21(29-24(32)17-28)14-13-19-9-5-3-6-10-19/h3-12,18,21-23H,13-17H2,1-2H3,(H,29,32)(H,30,33)(H,31,34)(H,35,36)/t21-,22-,23?/m0/s1. The van der Waals surface area contributed by atoms with Crippen LogP contribution in [0.15, 0.2) is 60.7 Å². The number of hydrogen-bond acceptors (Lipinski definition) is 4. The van der Waals surface area contributed by atoms with Crippen LogP contribution in [0.3, 0.4) is 0 Å². The van der Waals surface area contributed by atoms with Crippen molar-refractivity contribution in [3.63, 3.8) is 0 Å². The van der Waals surface area contributed by atoms with Gasteiger partial charge in [-0.05, 0) is 36.3 Å². The van der Waals surface area contributed by atoms with Crippen molar-refractivity contribution in [2.75, 3.05) is 5.88 Å². The molecule has 0 aliphatic carbocycles. The number of halogens is 1. The van der Waals surface area contributed by atoms with Crippen LogP contribution >= 0.6 is 11.6 Å². The van der Waals surface area contributed by atoms with Crippen LogP contribution in [-0.4, -0.2) is 52.8 Å². The molecular weight excluding hydrogens is 482 g/mol. The second kappa shape index (κ2) is 14.9. The Bertz CT molecular complexity index is 1000. The molecular formula is C27H34ClN3O5. The van der Waals surface area contributed by atoms with Crippen LogP contribution in [0.5, 0.6) is 0 Å². The smallest absolute Gasteiger partial charge is 0.326 e. The molecule has 0 bridgehead atoms. The van der Waals surface area contributed by atoms with Gasteiger partial charge in [0.1, 0.15) is 24.0 Å². The van der Waals surface area contributed by atoms with E-state index in [1.807, 2.05) is 50.2 Å². The van der Waals surface area contributed by atoms with Crippen molar-refractivity contribution >= 4 is 35.3 Å². The Morgan fingerprint density at radius 3 is 1.83 bits per heavy atom. The van der Waals surface area contributed by atoms with Crippen LogP contribution in [-0.2, 0) is 32.0 Å². The number of aliphatic carboxylic acids is 1. The molecule has 36 heavy (non-hydrogen) atoms. The lowest BCUT2D eigenvalue weighted by Crippen LogP contribution is -2.56. The molecule has 0 saturated carbocycles. The van der Waals surface area contributed by atoms with Crippen LogP contribution in [0, 0.1) is 5.92 Å². The van der Waals surface area contributed by atoms with Gasteiger partial charge in [-0.15, -0.1) is 11.6 Å². The van der Waals surface area contributed by atoms with E-state index in [0.29, 0.717) is 19.3 Å². The second-order valence-electron chi connectivity index (χ2n) is 9.06. The predicted molar refractivity (Wildman–Crippen MR) is 139 cm³/mol. The van der Waals surface area contributed by atoms with Gasteiger partial charge in [0, 0.05) is 6.42 Å². The number of carboxylic acid groups (broad SMARTS) is 1. The summed E-state index contributed by atoms with van der Waals surface area (Å²) in [5, 5.41) is 17.6. The highest BCUT2D eigenvalue weighted by atomic mass is 35.5. The fraction of sp³-hybridized carbons (Fsp3) is 0.407. The molecule has 0 aliphatic rings. The van der Waals surface area contributed by atoms with Crippen molar-refractivity contribution in [2.45, 2.75) is 57.7 Å². The highest BCUT2D eigenvalue weighted by molar-refractivity contribution is 6.27. The molecule has 0 spiro atoms. The molecule has 2 aromatic rings. The molecule has 3 atom stereocenters. The number of carboxylic acids is 1. The average Bonchev–Trinajstić information content (AvgIpc) is 2.86. The molecule has 0 aromatic heterocycles. The summed E-state index contributed by atoms with van der Waals surface area (Å²) in [6.45, 7) is 3.79. The number of nitrogens with one attached hydrogen (secondary N) is 3. The van der Waals surface area contributed by atoms with Crippen molar-refractivity contribution in [2.24, 2.45) is 5.92 Å². The second-order valence-corrected chi connectivity index (χ2v) is 9.33. The molecule has 4 N–H and O–H groups in total. The molecule has 3 amide bonds. The summed E-state index contributed by atoms with van der Waals surface area (Å²) < 4.78 is 0. The topological polar surface area (TPSA) is 125 Å². The van der Waals surface area contributed by atoms with E-state index in [1.54, 1.807) is 24.3 Å². The van der Waals surface area contributed by atoms with Gasteiger partial charge in [0.25, 0.3) is 0 Å². The number of carbonyl (C=O) groups is 4. The zero-order chi connectivity index (χ0) is 26.5. The highest BCUT2D eigenvalue weighted by Gasteiger charge is 2.30. The quantitative estimate of drug-likeness (QED) is 0.288. The van der Waals surface area contributed by atoms with Gasteiger partial charge in [-0.3, -0.25) is 14.4 Å². The van der Waals surface area contributed by atoms with E-state index < -0.39 is 41.8 Å². The third-order valence-electron chi connectivity index (χ3n) is 5.57. The third kappa shape index (κ3) is 10.1. The first-order chi connectivity index (χ1) is 17.2. The van der Waals surface area contributed by atoms with Crippen molar-refractivity contribution in [1.82, 2.24) is 16.0 Å².